The second-order valence-electron chi connectivity index (χ2n) is 5.48. The molecule has 0 aliphatic rings. The molecule has 2 aromatic carbocycles. The Morgan fingerprint density at radius 2 is 1.50 bits per heavy atom. The van der Waals surface area contributed by atoms with Crippen LogP contribution in [0.4, 0.5) is 5.69 Å². The number of amides is 1. The molecular formula is C18H19NO3. The maximum Gasteiger partial charge on any atom is 0.316 e. The number of nitrogens with one attached hydrogen (secondary N) is 1. The Hall–Kier alpha value is -2.62. The van der Waals surface area contributed by atoms with Gasteiger partial charge in [0.25, 0.3) is 5.91 Å². The zero-order valence-corrected chi connectivity index (χ0v) is 12.7. The van der Waals surface area contributed by atoms with Crippen LogP contribution in [0.3, 0.4) is 0 Å². The van der Waals surface area contributed by atoms with Crippen LogP contribution in [0.1, 0.15) is 19.4 Å². The van der Waals surface area contributed by atoms with Crippen molar-refractivity contribution in [2.24, 2.45) is 0 Å². The molecule has 0 aromatic heterocycles. The Kier molecular flexibility index (Phi) is 4.94. The molecule has 0 heterocycles. The summed E-state index contributed by atoms with van der Waals surface area (Å²) in [4.78, 5) is 24.0. The van der Waals surface area contributed by atoms with Gasteiger partial charge in [0, 0.05) is 5.69 Å². The van der Waals surface area contributed by atoms with Gasteiger partial charge in [-0.25, -0.2) is 0 Å². The van der Waals surface area contributed by atoms with Crippen molar-refractivity contribution in [2.45, 2.75) is 19.3 Å². The molecular weight excluding hydrogens is 278 g/mol. The zero-order chi connectivity index (χ0) is 16.0. The fourth-order valence-electron chi connectivity index (χ4n) is 2.00. The Balaban J connectivity index is 1.91. The first-order valence-corrected chi connectivity index (χ1v) is 7.08. The van der Waals surface area contributed by atoms with Gasteiger partial charge in [-0.15, -0.1) is 0 Å². The van der Waals surface area contributed by atoms with E-state index in [0.29, 0.717) is 5.69 Å². The molecule has 0 fully saturated rings. The number of carbonyl (C=O) groups excluding carboxylic acids is 2. The number of esters is 1. The number of rotatable bonds is 5. The van der Waals surface area contributed by atoms with Crippen molar-refractivity contribution >= 4 is 17.6 Å². The second kappa shape index (κ2) is 6.89. The Morgan fingerprint density at radius 3 is 2.09 bits per heavy atom. The standard InChI is InChI=1S/C18H19NO3/c1-18(2,14-9-5-3-6-10-14)17(21)22-13-16(20)19-15-11-7-4-8-12-15/h3-12H,13H2,1-2H3,(H,19,20). The van der Waals surface area contributed by atoms with Gasteiger partial charge in [0.1, 0.15) is 0 Å². The Bertz CT molecular complexity index is 636. The Morgan fingerprint density at radius 1 is 0.955 bits per heavy atom. The van der Waals surface area contributed by atoms with Crippen molar-refractivity contribution in [3.63, 3.8) is 0 Å². The normalized spacial score (nSPS) is 10.8. The number of hydrogen-bond donors (Lipinski definition) is 1. The average Bonchev–Trinajstić information content (AvgIpc) is 2.54. The van der Waals surface area contributed by atoms with Crippen LogP contribution in [0.25, 0.3) is 0 Å². The lowest BCUT2D eigenvalue weighted by molar-refractivity contribution is -0.152. The highest BCUT2D eigenvalue weighted by atomic mass is 16.5. The molecule has 0 spiro atoms. The first-order chi connectivity index (χ1) is 10.5. The lowest BCUT2D eigenvalue weighted by atomic mass is 9.85. The summed E-state index contributed by atoms with van der Waals surface area (Å²) < 4.78 is 5.14. The molecule has 0 aliphatic heterocycles. The molecule has 1 N–H and O–H groups in total. The van der Waals surface area contributed by atoms with Crippen molar-refractivity contribution in [3.8, 4) is 0 Å². The van der Waals surface area contributed by atoms with Gasteiger partial charge < -0.3 is 10.1 Å². The summed E-state index contributed by atoms with van der Waals surface area (Å²) in [5, 5.41) is 2.67. The third-order valence-corrected chi connectivity index (χ3v) is 3.40. The summed E-state index contributed by atoms with van der Waals surface area (Å²) in [6, 6.07) is 18.4. The number of hydrogen-bond acceptors (Lipinski definition) is 3. The largest absolute Gasteiger partial charge is 0.455 e. The van der Waals surface area contributed by atoms with Crippen molar-refractivity contribution in [1.29, 1.82) is 0 Å². The molecule has 0 unspecified atom stereocenters. The van der Waals surface area contributed by atoms with Crippen LogP contribution >= 0.6 is 0 Å². The van der Waals surface area contributed by atoms with E-state index in [9.17, 15) is 9.59 Å². The van der Waals surface area contributed by atoms with Crippen LogP contribution in [-0.2, 0) is 19.7 Å². The van der Waals surface area contributed by atoms with E-state index in [1.165, 1.54) is 0 Å². The van der Waals surface area contributed by atoms with Crippen LogP contribution < -0.4 is 5.32 Å². The van der Waals surface area contributed by atoms with Crippen molar-refractivity contribution in [1.82, 2.24) is 0 Å². The predicted molar refractivity (Wildman–Crippen MR) is 85.5 cm³/mol. The van der Waals surface area contributed by atoms with Gasteiger partial charge >= 0.3 is 5.97 Å². The Labute approximate surface area is 130 Å². The van der Waals surface area contributed by atoms with E-state index < -0.39 is 11.4 Å². The van der Waals surface area contributed by atoms with E-state index in [1.807, 2.05) is 48.5 Å². The van der Waals surface area contributed by atoms with E-state index in [4.69, 9.17) is 4.74 Å². The van der Waals surface area contributed by atoms with Gasteiger partial charge in [-0.1, -0.05) is 48.5 Å². The highest BCUT2D eigenvalue weighted by Gasteiger charge is 2.31. The molecule has 2 aromatic rings. The lowest BCUT2D eigenvalue weighted by Crippen LogP contribution is -2.33. The van der Waals surface area contributed by atoms with Crippen LogP contribution in [-0.4, -0.2) is 18.5 Å². The molecule has 2 rings (SSSR count). The molecule has 22 heavy (non-hydrogen) atoms. The van der Waals surface area contributed by atoms with Gasteiger partial charge in [-0.05, 0) is 31.5 Å². The molecule has 4 heteroatoms. The quantitative estimate of drug-likeness (QED) is 0.863. The van der Waals surface area contributed by atoms with Gasteiger partial charge in [-0.2, -0.15) is 0 Å². The van der Waals surface area contributed by atoms with Gasteiger partial charge in [-0.3, -0.25) is 9.59 Å². The van der Waals surface area contributed by atoms with E-state index in [0.717, 1.165) is 5.56 Å². The minimum absolute atomic E-state index is 0.302. The van der Waals surface area contributed by atoms with Gasteiger partial charge in [0.05, 0.1) is 5.41 Å². The third-order valence-electron chi connectivity index (χ3n) is 3.40. The fourth-order valence-corrected chi connectivity index (χ4v) is 2.00. The SMILES string of the molecule is CC(C)(C(=O)OCC(=O)Nc1ccccc1)c1ccccc1. The summed E-state index contributed by atoms with van der Waals surface area (Å²) >= 11 is 0. The predicted octanol–water partition coefficient (Wildman–Crippen LogP) is 3.15. The zero-order valence-electron chi connectivity index (χ0n) is 12.7. The van der Waals surface area contributed by atoms with Crippen molar-refractivity contribution < 1.29 is 14.3 Å². The molecule has 0 radical (unpaired) electrons. The van der Waals surface area contributed by atoms with Crippen LogP contribution in [0, 0.1) is 0 Å². The van der Waals surface area contributed by atoms with E-state index in [-0.39, 0.29) is 12.5 Å². The molecule has 0 atom stereocenters. The first-order valence-electron chi connectivity index (χ1n) is 7.08. The van der Waals surface area contributed by atoms with E-state index in [1.54, 1.807) is 26.0 Å². The summed E-state index contributed by atoms with van der Waals surface area (Å²) in [5.74, 6) is -0.787. The highest BCUT2D eigenvalue weighted by Crippen LogP contribution is 2.24. The van der Waals surface area contributed by atoms with Crippen LogP contribution in [0.15, 0.2) is 60.7 Å². The maximum atomic E-state index is 12.2. The number of anilines is 1. The van der Waals surface area contributed by atoms with Crippen molar-refractivity contribution in [3.05, 3.63) is 66.2 Å². The van der Waals surface area contributed by atoms with Crippen molar-refractivity contribution in [2.75, 3.05) is 11.9 Å². The fraction of sp³-hybridized carbons (Fsp3) is 0.222. The summed E-state index contributed by atoms with van der Waals surface area (Å²) in [6.07, 6.45) is 0. The minimum atomic E-state index is -0.797. The maximum absolute atomic E-state index is 12.2. The van der Waals surface area contributed by atoms with E-state index in [2.05, 4.69) is 5.32 Å². The molecule has 114 valence electrons. The number of ether oxygens (including phenoxy) is 1. The molecule has 0 saturated carbocycles. The monoisotopic (exact) mass is 297 g/mol. The highest BCUT2D eigenvalue weighted by molar-refractivity contribution is 5.93. The van der Waals surface area contributed by atoms with Crippen LogP contribution in [0.2, 0.25) is 0 Å². The summed E-state index contributed by atoms with van der Waals surface area (Å²) in [6.45, 7) is 3.25. The number of carbonyl (C=O) groups is 2. The molecule has 4 nitrogen and oxygen atoms in total. The average molecular weight is 297 g/mol. The topological polar surface area (TPSA) is 55.4 Å². The second-order valence-corrected chi connectivity index (χ2v) is 5.48. The molecule has 1 amide bonds. The molecule has 0 saturated heterocycles. The minimum Gasteiger partial charge on any atom is -0.455 e. The summed E-state index contributed by atoms with van der Waals surface area (Å²) in [5.41, 5.74) is 0.725. The molecule has 0 aliphatic carbocycles. The molecule has 0 bridgehead atoms. The first kappa shape index (κ1) is 15.8. The van der Waals surface area contributed by atoms with Gasteiger partial charge in [0.15, 0.2) is 6.61 Å². The third kappa shape index (κ3) is 3.95. The summed E-state index contributed by atoms with van der Waals surface area (Å²) in [7, 11) is 0. The lowest BCUT2D eigenvalue weighted by Gasteiger charge is -2.22. The van der Waals surface area contributed by atoms with E-state index >= 15 is 0 Å². The van der Waals surface area contributed by atoms with Crippen LogP contribution in [0.5, 0.6) is 0 Å². The van der Waals surface area contributed by atoms with Gasteiger partial charge in [0.2, 0.25) is 0 Å². The smallest absolute Gasteiger partial charge is 0.316 e. The number of benzene rings is 2. The number of para-hydroxylation sites is 1.